The maximum absolute atomic E-state index is 12.5. The summed E-state index contributed by atoms with van der Waals surface area (Å²) in [5.41, 5.74) is 1.57. The van der Waals surface area contributed by atoms with E-state index in [0.717, 1.165) is 19.8 Å². The summed E-state index contributed by atoms with van der Waals surface area (Å²) in [7, 11) is -1.76. The first-order valence-corrected chi connectivity index (χ1v) is 10.7. The van der Waals surface area contributed by atoms with Gasteiger partial charge in [0.15, 0.2) is 11.5 Å². The van der Waals surface area contributed by atoms with E-state index in [1.165, 1.54) is 24.3 Å². The molecular formula is C21H22O9S. The van der Waals surface area contributed by atoms with Crippen LogP contribution in [0.25, 0.3) is 0 Å². The van der Waals surface area contributed by atoms with E-state index >= 15 is 0 Å². The molecule has 0 bridgehead atoms. The van der Waals surface area contributed by atoms with Crippen molar-refractivity contribution in [3.63, 3.8) is 0 Å². The molecule has 1 unspecified atom stereocenters. The number of aryl methyl sites for hydroxylation is 1. The van der Waals surface area contributed by atoms with Gasteiger partial charge in [0.05, 0.1) is 25.2 Å². The molecule has 0 aromatic heterocycles. The van der Waals surface area contributed by atoms with E-state index in [1.54, 1.807) is 25.1 Å². The molecule has 3 rings (SSSR count). The summed E-state index contributed by atoms with van der Waals surface area (Å²) < 4.78 is 50.3. The molecule has 0 fully saturated rings. The average molecular weight is 450 g/mol. The minimum absolute atomic E-state index is 0.0663. The Labute approximate surface area is 179 Å². The Morgan fingerprint density at radius 2 is 1.55 bits per heavy atom. The second-order valence-corrected chi connectivity index (χ2v) is 8.54. The first-order chi connectivity index (χ1) is 14.6. The van der Waals surface area contributed by atoms with Crippen molar-refractivity contribution in [3.05, 3.63) is 53.6 Å². The van der Waals surface area contributed by atoms with Gasteiger partial charge in [0.25, 0.3) is 10.1 Å². The van der Waals surface area contributed by atoms with E-state index in [0.29, 0.717) is 5.56 Å². The number of carbonyl (C=O) groups excluding carboxylic acids is 2. The summed E-state index contributed by atoms with van der Waals surface area (Å²) in [6.45, 7) is 3.47. The van der Waals surface area contributed by atoms with Crippen LogP contribution in [0.15, 0.2) is 47.4 Å². The lowest BCUT2D eigenvalue weighted by molar-refractivity contribution is -0.199. The molecule has 0 N–H and O–H groups in total. The van der Waals surface area contributed by atoms with Gasteiger partial charge in [-0.3, -0.25) is 4.18 Å². The van der Waals surface area contributed by atoms with Crippen molar-refractivity contribution in [2.75, 3.05) is 14.2 Å². The molecule has 166 valence electrons. The lowest BCUT2D eigenvalue weighted by Crippen LogP contribution is -2.55. The predicted octanol–water partition coefficient (Wildman–Crippen LogP) is 2.15. The highest BCUT2D eigenvalue weighted by Gasteiger charge is 2.59. The third-order valence-corrected chi connectivity index (χ3v) is 5.98. The van der Waals surface area contributed by atoms with Crippen LogP contribution in [-0.2, 0) is 39.8 Å². The Bertz CT molecular complexity index is 1070. The third kappa shape index (κ3) is 4.49. The monoisotopic (exact) mass is 450 g/mol. The minimum atomic E-state index is -3.93. The van der Waals surface area contributed by atoms with Gasteiger partial charge in [-0.1, -0.05) is 23.8 Å². The van der Waals surface area contributed by atoms with E-state index in [9.17, 15) is 18.0 Å². The zero-order valence-electron chi connectivity index (χ0n) is 17.4. The molecule has 9 nitrogen and oxygen atoms in total. The number of hydrogen-bond donors (Lipinski definition) is 0. The number of fused-ring (bicyclic) bond motifs is 1. The van der Waals surface area contributed by atoms with Crippen LogP contribution in [0.2, 0.25) is 0 Å². The fraction of sp³-hybridized carbons (Fsp3) is 0.333. The van der Waals surface area contributed by atoms with Crippen LogP contribution in [0.1, 0.15) is 18.1 Å². The number of methoxy groups -OCH3 is 2. The maximum Gasteiger partial charge on any atom is 0.453 e. The number of rotatable bonds is 7. The second-order valence-electron chi connectivity index (χ2n) is 6.96. The van der Waals surface area contributed by atoms with Gasteiger partial charge in [-0.15, -0.1) is 0 Å². The highest BCUT2D eigenvalue weighted by Crippen LogP contribution is 2.41. The zero-order valence-corrected chi connectivity index (χ0v) is 18.2. The van der Waals surface area contributed by atoms with Gasteiger partial charge < -0.3 is 18.9 Å². The molecule has 0 amide bonds. The molecule has 1 aliphatic heterocycles. The summed E-state index contributed by atoms with van der Waals surface area (Å²) in [5, 5.41) is 0. The summed E-state index contributed by atoms with van der Waals surface area (Å²) >= 11 is 0. The third-order valence-electron chi connectivity index (χ3n) is 4.55. The van der Waals surface area contributed by atoms with Crippen LogP contribution >= 0.6 is 0 Å². The summed E-state index contributed by atoms with van der Waals surface area (Å²) in [6, 6.07) is 11.0. The number of benzene rings is 2. The van der Waals surface area contributed by atoms with E-state index in [1.807, 2.05) is 6.92 Å². The van der Waals surface area contributed by atoms with Crippen LogP contribution < -0.4 is 9.47 Å². The first kappa shape index (κ1) is 22.6. The van der Waals surface area contributed by atoms with Crippen LogP contribution in [-0.4, -0.2) is 46.5 Å². The molecule has 0 radical (unpaired) electrons. The first-order valence-electron chi connectivity index (χ1n) is 9.29. The number of carbonyl (C=O) groups is 2. The zero-order chi connectivity index (χ0) is 22.8. The lowest BCUT2D eigenvalue weighted by atomic mass is 10.1. The van der Waals surface area contributed by atoms with E-state index in [-0.39, 0.29) is 22.8 Å². The van der Waals surface area contributed by atoms with E-state index in [4.69, 9.17) is 13.7 Å². The predicted molar refractivity (Wildman–Crippen MR) is 107 cm³/mol. The number of esters is 2. The van der Waals surface area contributed by atoms with Crippen LogP contribution in [0.3, 0.4) is 0 Å². The SMILES string of the molecule is COC(=O)C1(C(=O)OC)Oc2ccc(CC(C)OS(=O)(=O)c3ccc(C)cc3)cc2O1. The molecule has 2 aromatic carbocycles. The van der Waals surface area contributed by atoms with Gasteiger partial charge in [0, 0.05) is 0 Å². The molecule has 2 aromatic rings. The molecule has 1 atom stereocenters. The topological polar surface area (TPSA) is 114 Å². The van der Waals surface area contributed by atoms with Gasteiger partial charge >= 0.3 is 17.7 Å². The molecule has 0 saturated heterocycles. The van der Waals surface area contributed by atoms with Gasteiger partial charge in [-0.2, -0.15) is 8.42 Å². The fourth-order valence-corrected chi connectivity index (χ4v) is 4.12. The van der Waals surface area contributed by atoms with Crippen LogP contribution in [0.5, 0.6) is 11.5 Å². The highest BCUT2D eigenvalue weighted by molar-refractivity contribution is 7.86. The molecule has 0 saturated carbocycles. The standard InChI is InChI=1S/C21H22O9S/c1-13-5-8-16(9-6-13)31(24,25)30-14(2)11-15-7-10-17-18(12-15)29-21(28-17,19(22)26-3)20(23)27-4/h5-10,12,14H,11H2,1-4H3. The van der Waals surface area contributed by atoms with Crippen molar-refractivity contribution in [2.45, 2.75) is 37.1 Å². The summed E-state index contributed by atoms with van der Waals surface area (Å²) in [4.78, 5) is 24.3. The van der Waals surface area contributed by atoms with Crippen molar-refractivity contribution < 1.29 is 41.1 Å². The molecular weight excluding hydrogens is 428 g/mol. The van der Waals surface area contributed by atoms with E-state index in [2.05, 4.69) is 9.47 Å². The molecule has 31 heavy (non-hydrogen) atoms. The quantitative estimate of drug-likeness (QED) is 0.355. The Balaban J connectivity index is 1.75. The molecule has 0 aliphatic carbocycles. The van der Waals surface area contributed by atoms with Crippen LogP contribution in [0, 0.1) is 6.92 Å². The Hall–Kier alpha value is -3.11. The second kappa shape index (κ2) is 8.56. The van der Waals surface area contributed by atoms with Crippen molar-refractivity contribution in [1.82, 2.24) is 0 Å². The van der Waals surface area contributed by atoms with Crippen LogP contribution in [0.4, 0.5) is 0 Å². The largest absolute Gasteiger partial charge is 0.463 e. The molecule has 0 spiro atoms. The Kier molecular flexibility index (Phi) is 6.23. The average Bonchev–Trinajstić information content (AvgIpc) is 3.12. The maximum atomic E-state index is 12.5. The van der Waals surface area contributed by atoms with Gasteiger partial charge in [-0.25, -0.2) is 9.59 Å². The van der Waals surface area contributed by atoms with E-state index < -0.39 is 33.9 Å². The van der Waals surface area contributed by atoms with Gasteiger partial charge in [0.2, 0.25) is 0 Å². The molecule has 10 heteroatoms. The number of ether oxygens (including phenoxy) is 4. The molecule has 1 heterocycles. The Morgan fingerprint density at radius 1 is 0.968 bits per heavy atom. The van der Waals surface area contributed by atoms with Crippen molar-refractivity contribution in [1.29, 1.82) is 0 Å². The minimum Gasteiger partial charge on any atom is -0.463 e. The van der Waals surface area contributed by atoms with Gasteiger partial charge in [0.1, 0.15) is 0 Å². The lowest BCUT2D eigenvalue weighted by Gasteiger charge is -2.21. The van der Waals surface area contributed by atoms with Crippen molar-refractivity contribution in [3.8, 4) is 11.5 Å². The Morgan fingerprint density at radius 3 is 2.13 bits per heavy atom. The van der Waals surface area contributed by atoms with Crippen molar-refractivity contribution in [2.24, 2.45) is 0 Å². The normalized spacial score (nSPS) is 15.2. The van der Waals surface area contributed by atoms with Crippen molar-refractivity contribution >= 4 is 22.1 Å². The fourth-order valence-electron chi connectivity index (χ4n) is 3.04. The number of hydrogen-bond acceptors (Lipinski definition) is 9. The summed E-state index contributed by atoms with van der Waals surface area (Å²) in [5.74, 6) is -4.28. The highest BCUT2D eigenvalue weighted by atomic mass is 32.2. The molecule has 1 aliphatic rings. The summed E-state index contributed by atoms with van der Waals surface area (Å²) in [6.07, 6.45) is -0.483. The van der Waals surface area contributed by atoms with Gasteiger partial charge in [-0.05, 0) is 50.1 Å². The smallest absolute Gasteiger partial charge is 0.453 e.